The fraction of sp³-hybridized carbons (Fsp3) is 0.250. The molecule has 0 saturated carbocycles. The molecule has 0 aliphatic heterocycles. The number of benzene rings is 1. The van der Waals surface area contributed by atoms with E-state index in [0.29, 0.717) is 6.01 Å². The summed E-state index contributed by atoms with van der Waals surface area (Å²) in [5.41, 5.74) is 2.41. The molecule has 3 rings (SSSR count). The van der Waals surface area contributed by atoms with Crippen molar-refractivity contribution in [1.82, 2.24) is 19.9 Å². The molecule has 1 N–H and O–H groups in total. The molecule has 1 aromatic carbocycles. The second-order valence-electron chi connectivity index (χ2n) is 5.21. The smallest absolute Gasteiger partial charge is 0.321 e. The minimum atomic E-state index is 0.363. The quantitative estimate of drug-likeness (QED) is 0.782. The van der Waals surface area contributed by atoms with E-state index in [-0.39, 0.29) is 0 Å². The molecule has 3 aromatic rings. The molecule has 2 heterocycles. The Hall–Kier alpha value is -2.40. The summed E-state index contributed by atoms with van der Waals surface area (Å²) in [4.78, 5) is 13.6. The van der Waals surface area contributed by atoms with Crippen LogP contribution in [0.2, 0.25) is 0 Å². The van der Waals surface area contributed by atoms with Gasteiger partial charge in [-0.15, -0.1) is 0 Å². The Kier molecular flexibility index (Phi) is 3.83. The molecule has 5 nitrogen and oxygen atoms in total. The maximum absolute atomic E-state index is 5.69. The zero-order chi connectivity index (χ0) is 14.7. The maximum atomic E-state index is 5.69. The molecule has 0 atom stereocenters. The third-order valence-corrected chi connectivity index (χ3v) is 3.32. The Labute approximate surface area is 123 Å². The van der Waals surface area contributed by atoms with Gasteiger partial charge in [0.25, 0.3) is 0 Å². The van der Waals surface area contributed by atoms with Gasteiger partial charge in [0.1, 0.15) is 5.75 Å². The Bertz CT molecular complexity index is 721. The number of hydrogen-bond acceptors (Lipinski definition) is 4. The van der Waals surface area contributed by atoms with Gasteiger partial charge in [-0.2, -0.15) is 0 Å². The van der Waals surface area contributed by atoms with Gasteiger partial charge in [0.2, 0.25) is 0 Å². The number of ether oxygens (including phenoxy) is 1. The van der Waals surface area contributed by atoms with Crippen LogP contribution in [0.4, 0.5) is 0 Å². The summed E-state index contributed by atoms with van der Waals surface area (Å²) in [5.74, 6) is 0.749. The van der Waals surface area contributed by atoms with Gasteiger partial charge in [-0.05, 0) is 50.3 Å². The molecule has 0 unspecified atom stereocenters. The monoisotopic (exact) mass is 282 g/mol. The summed E-state index contributed by atoms with van der Waals surface area (Å²) in [6.45, 7) is 1.01. The van der Waals surface area contributed by atoms with Crippen LogP contribution < -0.4 is 4.74 Å². The predicted molar refractivity (Wildman–Crippen MR) is 82.7 cm³/mol. The van der Waals surface area contributed by atoms with Crippen LogP contribution >= 0.6 is 0 Å². The van der Waals surface area contributed by atoms with Crippen molar-refractivity contribution in [2.75, 3.05) is 20.6 Å². The van der Waals surface area contributed by atoms with E-state index in [9.17, 15) is 0 Å². The second-order valence-corrected chi connectivity index (χ2v) is 5.21. The van der Waals surface area contributed by atoms with Gasteiger partial charge in [-0.3, -0.25) is 0 Å². The van der Waals surface area contributed by atoms with E-state index in [4.69, 9.17) is 4.74 Å². The van der Waals surface area contributed by atoms with E-state index in [1.165, 1.54) is 10.9 Å². The molecule has 5 heteroatoms. The lowest BCUT2D eigenvalue weighted by Crippen LogP contribution is -2.14. The van der Waals surface area contributed by atoms with Gasteiger partial charge in [0.05, 0.1) is 0 Å². The van der Waals surface area contributed by atoms with Crippen molar-refractivity contribution in [2.45, 2.75) is 6.42 Å². The lowest BCUT2D eigenvalue weighted by molar-refractivity contribution is 0.414. The van der Waals surface area contributed by atoms with Crippen LogP contribution in [0.3, 0.4) is 0 Å². The Morgan fingerprint density at radius 2 is 2.00 bits per heavy atom. The van der Waals surface area contributed by atoms with Gasteiger partial charge < -0.3 is 14.6 Å². The van der Waals surface area contributed by atoms with Crippen molar-refractivity contribution < 1.29 is 4.74 Å². The van der Waals surface area contributed by atoms with E-state index in [2.05, 4.69) is 40.1 Å². The number of hydrogen-bond donors (Lipinski definition) is 1. The molecule has 0 bridgehead atoms. The fourth-order valence-corrected chi connectivity index (χ4v) is 2.22. The van der Waals surface area contributed by atoms with Crippen molar-refractivity contribution in [3.63, 3.8) is 0 Å². The molecule has 0 saturated heterocycles. The third kappa shape index (κ3) is 3.20. The summed E-state index contributed by atoms with van der Waals surface area (Å²) in [6.07, 6.45) is 6.40. The second kappa shape index (κ2) is 5.93. The Balaban J connectivity index is 1.86. The van der Waals surface area contributed by atoms with Crippen molar-refractivity contribution in [3.05, 3.63) is 48.4 Å². The fourth-order valence-electron chi connectivity index (χ4n) is 2.22. The number of likely N-dealkylation sites (N-methyl/N-ethyl adjacent to an activating group) is 1. The average molecular weight is 282 g/mol. The lowest BCUT2D eigenvalue weighted by atomic mass is 10.1. The molecule has 0 spiro atoms. The van der Waals surface area contributed by atoms with Crippen LogP contribution in [0.5, 0.6) is 11.8 Å². The highest BCUT2D eigenvalue weighted by Crippen LogP contribution is 2.26. The standard InChI is InChI=1S/C16H18N4O/c1-20(2)9-6-12-11-19-15-5-4-13(10-14(12)15)21-16-17-7-3-8-18-16/h3-5,7-8,10-11,19H,6,9H2,1-2H3. The highest BCUT2D eigenvalue weighted by atomic mass is 16.5. The Morgan fingerprint density at radius 1 is 1.19 bits per heavy atom. The van der Waals surface area contributed by atoms with Crippen LogP contribution in [-0.2, 0) is 6.42 Å². The van der Waals surface area contributed by atoms with Crippen LogP contribution in [0.15, 0.2) is 42.9 Å². The molecular formula is C16H18N4O. The molecule has 0 aliphatic rings. The first-order valence-electron chi connectivity index (χ1n) is 6.92. The summed E-state index contributed by atoms with van der Waals surface area (Å²) >= 11 is 0. The average Bonchev–Trinajstić information content (AvgIpc) is 2.88. The van der Waals surface area contributed by atoms with E-state index in [0.717, 1.165) is 24.2 Å². The van der Waals surface area contributed by atoms with E-state index in [1.54, 1.807) is 18.5 Å². The van der Waals surface area contributed by atoms with Crippen molar-refractivity contribution >= 4 is 10.9 Å². The van der Waals surface area contributed by atoms with E-state index in [1.807, 2.05) is 18.2 Å². The first-order valence-corrected chi connectivity index (χ1v) is 6.92. The number of nitrogens with zero attached hydrogens (tertiary/aromatic N) is 3. The molecule has 0 amide bonds. The molecular weight excluding hydrogens is 264 g/mol. The first kappa shape index (κ1) is 13.6. The van der Waals surface area contributed by atoms with Crippen LogP contribution in [0.25, 0.3) is 10.9 Å². The lowest BCUT2D eigenvalue weighted by Gasteiger charge is -2.08. The SMILES string of the molecule is CN(C)CCc1c[nH]c2ccc(Oc3ncccn3)cc12. The van der Waals surface area contributed by atoms with Crippen LogP contribution in [0, 0.1) is 0 Å². The number of nitrogens with one attached hydrogen (secondary N) is 1. The zero-order valence-corrected chi connectivity index (χ0v) is 12.2. The number of aromatic amines is 1. The van der Waals surface area contributed by atoms with Gasteiger partial charge >= 0.3 is 6.01 Å². The summed E-state index contributed by atoms with van der Waals surface area (Å²) in [5, 5.41) is 1.19. The third-order valence-electron chi connectivity index (χ3n) is 3.32. The normalized spacial score (nSPS) is 11.2. The highest BCUT2D eigenvalue weighted by Gasteiger charge is 2.07. The summed E-state index contributed by atoms with van der Waals surface area (Å²) in [7, 11) is 4.16. The number of aromatic nitrogens is 3. The molecule has 2 aromatic heterocycles. The van der Waals surface area contributed by atoms with Crippen LogP contribution in [0.1, 0.15) is 5.56 Å². The van der Waals surface area contributed by atoms with Gasteiger partial charge in [0.15, 0.2) is 0 Å². The van der Waals surface area contributed by atoms with Crippen molar-refractivity contribution in [2.24, 2.45) is 0 Å². The Morgan fingerprint density at radius 3 is 2.76 bits per heavy atom. The topological polar surface area (TPSA) is 54.0 Å². The van der Waals surface area contributed by atoms with Crippen molar-refractivity contribution in [3.8, 4) is 11.8 Å². The van der Waals surface area contributed by atoms with Gasteiger partial charge in [-0.25, -0.2) is 9.97 Å². The minimum absolute atomic E-state index is 0.363. The summed E-state index contributed by atoms with van der Waals surface area (Å²) in [6, 6.07) is 8.11. The van der Waals surface area contributed by atoms with Crippen molar-refractivity contribution in [1.29, 1.82) is 0 Å². The zero-order valence-electron chi connectivity index (χ0n) is 12.2. The van der Waals surface area contributed by atoms with E-state index < -0.39 is 0 Å². The molecule has 21 heavy (non-hydrogen) atoms. The molecule has 0 aliphatic carbocycles. The maximum Gasteiger partial charge on any atom is 0.321 e. The molecule has 0 radical (unpaired) electrons. The minimum Gasteiger partial charge on any atom is -0.424 e. The van der Waals surface area contributed by atoms with Crippen LogP contribution in [-0.4, -0.2) is 40.5 Å². The molecule has 108 valence electrons. The van der Waals surface area contributed by atoms with Gasteiger partial charge in [0, 0.05) is 36.0 Å². The highest BCUT2D eigenvalue weighted by molar-refractivity contribution is 5.84. The number of rotatable bonds is 5. The first-order chi connectivity index (χ1) is 10.2. The van der Waals surface area contributed by atoms with E-state index >= 15 is 0 Å². The number of fused-ring (bicyclic) bond motifs is 1. The van der Waals surface area contributed by atoms with Gasteiger partial charge in [-0.1, -0.05) is 0 Å². The molecule has 0 fully saturated rings. The largest absolute Gasteiger partial charge is 0.424 e. The predicted octanol–water partition coefficient (Wildman–Crippen LogP) is 2.85. The number of H-pyrrole nitrogens is 1. The summed E-state index contributed by atoms with van der Waals surface area (Å²) < 4.78 is 5.69.